The highest BCUT2D eigenvalue weighted by Crippen LogP contribution is 2.37. The number of aryl methyl sites for hydroxylation is 1. The second kappa shape index (κ2) is 7.64. The molecule has 7 nitrogen and oxygen atoms in total. The highest BCUT2D eigenvalue weighted by molar-refractivity contribution is 6.36. The van der Waals surface area contributed by atoms with Gasteiger partial charge in [-0.15, -0.1) is 0 Å². The van der Waals surface area contributed by atoms with Crippen LogP contribution in [0.4, 0.5) is 18.9 Å². The number of hydrogen-bond acceptors (Lipinski definition) is 4. The Morgan fingerprint density at radius 3 is 2.34 bits per heavy atom. The zero-order valence-electron chi connectivity index (χ0n) is 16.0. The maximum atomic E-state index is 12.9. The van der Waals surface area contributed by atoms with Gasteiger partial charge in [-0.2, -0.15) is 22.8 Å². The van der Waals surface area contributed by atoms with E-state index < -0.39 is 27.9 Å². The first-order chi connectivity index (χ1) is 15.0. The summed E-state index contributed by atoms with van der Waals surface area (Å²) in [7, 11) is 0. The van der Waals surface area contributed by atoms with Gasteiger partial charge < -0.3 is 4.98 Å². The molecule has 0 spiro atoms. The second-order valence-corrected chi connectivity index (χ2v) is 7.67. The summed E-state index contributed by atoms with van der Waals surface area (Å²) in [4.78, 5) is 26.5. The number of alkyl halides is 3. The number of rotatable bonds is 3. The van der Waals surface area contributed by atoms with Gasteiger partial charge in [0.2, 0.25) is 0 Å². The third kappa shape index (κ3) is 3.61. The van der Waals surface area contributed by atoms with E-state index in [9.17, 15) is 28.1 Å². The molecule has 2 aromatic heterocycles. The predicted molar refractivity (Wildman–Crippen MR) is 113 cm³/mol. The molecule has 32 heavy (non-hydrogen) atoms. The molecule has 4 rings (SSSR count). The molecule has 0 amide bonds. The summed E-state index contributed by atoms with van der Waals surface area (Å²) in [5.74, 6) is 0. The summed E-state index contributed by atoms with van der Waals surface area (Å²) in [5.41, 5.74) is -1.76. The average molecular weight is 483 g/mol. The molecule has 0 atom stereocenters. The monoisotopic (exact) mass is 482 g/mol. The fourth-order valence-electron chi connectivity index (χ4n) is 3.39. The first kappa shape index (κ1) is 21.8. The van der Waals surface area contributed by atoms with Crippen molar-refractivity contribution in [2.75, 3.05) is 0 Å². The number of aromatic amines is 1. The molecule has 12 heteroatoms. The van der Waals surface area contributed by atoms with Crippen LogP contribution in [-0.4, -0.2) is 19.5 Å². The zero-order chi connectivity index (χ0) is 23.4. The topological polar surface area (TPSA) is 93.3 Å². The van der Waals surface area contributed by atoms with Crippen LogP contribution in [0.2, 0.25) is 10.0 Å². The number of H-pyrrole nitrogens is 1. The molecule has 0 bridgehead atoms. The Balaban J connectivity index is 2.04. The van der Waals surface area contributed by atoms with Gasteiger partial charge in [-0.05, 0) is 31.2 Å². The summed E-state index contributed by atoms with van der Waals surface area (Å²) in [5, 5.41) is 16.4. The maximum absolute atomic E-state index is 12.9. The lowest BCUT2D eigenvalue weighted by Gasteiger charge is -2.09. The quantitative estimate of drug-likeness (QED) is 0.290. The fourth-order valence-corrected chi connectivity index (χ4v) is 3.90. The molecule has 0 unspecified atom stereocenters. The van der Waals surface area contributed by atoms with E-state index in [-0.39, 0.29) is 21.9 Å². The molecule has 0 aliphatic carbocycles. The third-order valence-electron chi connectivity index (χ3n) is 4.82. The summed E-state index contributed by atoms with van der Waals surface area (Å²) in [6, 6.07) is 8.33. The van der Waals surface area contributed by atoms with Crippen molar-refractivity contribution in [1.82, 2.24) is 14.6 Å². The molecule has 1 N–H and O–H groups in total. The highest BCUT2D eigenvalue weighted by Gasteiger charge is 2.31. The van der Waals surface area contributed by atoms with E-state index in [4.69, 9.17) is 23.2 Å². The van der Waals surface area contributed by atoms with E-state index in [1.165, 1.54) is 6.07 Å². The van der Waals surface area contributed by atoms with Gasteiger partial charge in [0.15, 0.2) is 0 Å². The molecule has 4 aromatic rings. The average Bonchev–Trinajstić information content (AvgIpc) is 3.03. The van der Waals surface area contributed by atoms with E-state index in [0.29, 0.717) is 21.8 Å². The van der Waals surface area contributed by atoms with Crippen molar-refractivity contribution in [2.45, 2.75) is 13.1 Å². The van der Waals surface area contributed by atoms with Crippen molar-refractivity contribution >= 4 is 34.5 Å². The number of benzene rings is 2. The maximum Gasteiger partial charge on any atom is 0.416 e. The first-order valence-electron chi connectivity index (χ1n) is 8.92. The van der Waals surface area contributed by atoms with Crippen molar-refractivity contribution in [1.29, 1.82) is 0 Å². The van der Waals surface area contributed by atoms with Crippen LogP contribution in [0.25, 0.3) is 28.0 Å². The first-order valence-corrected chi connectivity index (χ1v) is 9.67. The lowest BCUT2D eigenvalue weighted by atomic mass is 10.1. The van der Waals surface area contributed by atoms with Crippen LogP contribution in [0.15, 0.2) is 47.3 Å². The van der Waals surface area contributed by atoms with Crippen LogP contribution in [-0.2, 0) is 6.18 Å². The number of hydrogen-bond donors (Lipinski definition) is 1. The minimum Gasteiger partial charge on any atom is -0.333 e. The highest BCUT2D eigenvalue weighted by atomic mass is 35.5. The molecule has 0 aliphatic heterocycles. The second-order valence-electron chi connectivity index (χ2n) is 6.83. The Hall–Kier alpha value is -3.37. The minimum absolute atomic E-state index is 0.0244. The summed E-state index contributed by atoms with van der Waals surface area (Å²) >= 11 is 12.3. The molecule has 2 aromatic carbocycles. The molecule has 2 heterocycles. The Bertz CT molecular complexity index is 1440. The van der Waals surface area contributed by atoms with Gasteiger partial charge in [-0.1, -0.05) is 41.4 Å². The number of aromatic nitrogens is 3. The molecule has 0 radical (unpaired) electrons. The fraction of sp³-hybridized carbons (Fsp3) is 0.100. The summed E-state index contributed by atoms with van der Waals surface area (Å²) in [6.45, 7) is 1.59. The van der Waals surface area contributed by atoms with Gasteiger partial charge >= 0.3 is 17.4 Å². The smallest absolute Gasteiger partial charge is 0.333 e. The van der Waals surface area contributed by atoms with Crippen LogP contribution in [0.3, 0.4) is 0 Å². The lowest BCUT2D eigenvalue weighted by Crippen LogP contribution is -2.20. The number of nitrogens with one attached hydrogen (secondary N) is 1. The predicted octanol–water partition coefficient (Wildman–Crippen LogP) is 5.90. The van der Waals surface area contributed by atoms with Gasteiger partial charge in [-0.3, -0.25) is 14.9 Å². The standard InChI is InChI=1S/C20H11Cl2F3N4O3/c1-9-15(13-7-6-12(21)8-14(13)22)18-26-16(17(29(31)32)19(30)28(18)27-9)10-2-4-11(5-3-10)20(23,24)25/h2-8,26H,1H3. The van der Waals surface area contributed by atoms with Crippen LogP contribution in [0.1, 0.15) is 11.3 Å². The van der Waals surface area contributed by atoms with Crippen molar-refractivity contribution in [3.8, 4) is 22.4 Å². The Labute approximate surface area is 187 Å². The summed E-state index contributed by atoms with van der Waals surface area (Å²) in [6.07, 6.45) is -4.58. The SMILES string of the molecule is Cc1nn2c(=O)c([N+](=O)[O-])c(-c3ccc(C(F)(F)F)cc3)[nH]c2c1-c1ccc(Cl)cc1Cl. The molecule has 0 saturated carbocycles. The third-order valence-corrected chi connectivity index (χ3v) is 5.37. The van der Waals surface area contributed by atoms with E-state index >= 15 is 0 Å². The zero-order valence-corrected chi connectivity index (χ0v) is 17.5. The number of nitrogens with zero attached hydrogens (tertiary/aromatic N) is 3. The molecule has 0 saturated heterocycles. The Morgan fingerprint density at radius 2 is 1.78 bits per heavy atom. The summed E-state index contributed by atoms with van der Waals surface area (Å²) < 4.78 is 39.6. The van der Waals surface area contributed by atoms with Crippen molar-refractivity contribution in [2.24, 2.45) is 0 Å². The Morgan fingerprint density at radius 1 is 1.12 bits per heavy atom. The number of nitro groups is 1. The molecular formula is C20H11Cl2F3N4O3. The molecular weight excluding hydrogens is 472 g/mol. The van der Waals surface area contributed by atoms with Gasteiger partial charge in [-0.25, -0.2) is 0 Å². The van der Waals surface area contributed by atoms with Gasteiger partial charge in [0.05, 0.1) is 21.2 Å². The van der Waals surface area contributed by atoms with E-state index in [2.05, 4.69) is 10.1 Å². The minimum atomic E-state index is -4.58. The van der Waals surface area contributed by atoms with Crippen molar-refractivity contribution in [3.05, 3.63) is 84.2 Å². The molecule has 164 valence electrons. The van der Waals surface area contributed by atoms with Gasteiger partial charge in [0, 0.05) is 21.7 Å². The van der Waals surface area contributed by atoms with Crippen LogP contribution >= 0.6 is 23.2 Å². The van der Waals surface area contributed by atoms with E-state index in [1.54, 1.807) is 19.1 Å². The lowest BCUT2D eigenvalue weighted by molar-refractivity contribution is -0.385. The number of halogens is 5. The van der Waals surface area contributed by atoms with Gasteiger partial charge in [0.1, 0.15) is 11.3 Å². The normalized spacial score (nSPS) is 11.8. The molecule has 0 fully saturated rings. The van der Waals surface area contributed by atoms with Gasteiger partial charge in [0.25, 0.3) is 0 Å². The largest absolute Gasteiger partial charge is 0.416 e. The van der Waals surface area contributed by atoms with Crippen molar-refractivity contribution in [3.63, 3.8) is 0 Å². The number of fused-ring (bicyclic) bond motifs is 1. The van der Waals surface area contributed by atoms with E-state index in [0.717, 1.165) is 28.8 Å². The van der Waals surface area contributed by atoms with E-state index in [1.807, 2.05) is 0 Å². The van der Waals surface area contributed by atoms with Crippen molar-refractivity contribution < 1.29 is 18.1 Å². The van der Waals surface area contributed by atoms with Crippen LogP contribution < -0.4 is 5.56 Å². The Kier molecular flexibility index (Phi) is 5.22. The van der Waals surface area contributed by atoms with Crippen LogP contribution in [0.5, 0.6) is 0 Å². The molecule has 0 aliphatic rings. The van der Waals surface area contributed by atoms with Crippen LogP contribution in [0, 0.1) is 17.0 Å².